The van der Waals surface area contributed by atoms with Gasteiger partial charge in [-0.2, -0.15) is 0 Å². The van der Waals surface area contributed by atoms with E-state index in [2.05, 4.69) is 20.7 Å². The molecule has 1 atom stereocenters. The van der Waals surface area contributed by atoms with Crippen LogP contribution in [0.25, 0.3) is 0 Å². The zero-order valence-electron chi connectivity index (χ0n) is 9.07. The number of benzene rings is 1. The molecule has 1 aromatic carbocycles. The molecule has 0 spiro atoms. The summed E-state index contributed by atoms with van der Waals surface area (Å²) in [5.74, 6) is -0.142. The first-order chi connectivity index (χ1) is 7.45. The van der Waals surface area contributed by atoms with Gasteiger partial charge in [0.2, 0.25) is 0 Å². The zero-order valence-corrected chi connectivity index (χ0v) is 10.7. The Kier molecular flexibility index (Phi) is 4.32. The lowest BCUT2D eigenvalue weighted by Gasteiger charge is -2.20. The maximum atomic E-state index is 11.1. The van der Waals surface area contributed by atoms with E-state index in [0.717, 1.165) is 4.47 Å². The van der Waals surface area contributed by atoms with Crippen molar-refractivity contribution in [2.45, 2.75) is 12.5 Å². The largest absolute Gasteiger partial charge is 0.490 e. The fraction of sp³-hybridized carbons (Fsp3) is 0.364. The molecule has 0 bridgehead atoms. The number of carbonyl (C=O) groups is 1. The molecule has 5 heteroatoms. The second-order valence-corrected chi connectivity index (χ2v) is 4.42. The van der Waals surface area contributed by atoms with Crippen LogP contribution < -0.4 is 4.74 Å². The molecule has 1 rings (SSSR count). The van der Waals surface area contributed by atoms with Crippen LogP contribution in [0.2, 0.25) is 0 Å². The highest BCUT2D eigenvalue weighted by Crippen LogP contribution is 2.17. The SMILES string of the molecule is COC(=O)C(C)(O)COc1ccc(Br)cc1. The molecule has 0 aromatic heterocycles. The smallest absolute Gasteiger partial charge is 0.341 e. The van der Waals surface area contributed by atoms with Crippen molar-refractivity contribution in [3.05, 3.63) is 28.7 Å². The molecule has 88 valence electrons. The van der Waals surface area contributed by atoms with Crippen molar-refractivity contribution < 1.29 is 19.4 Å². The van der Waals surface area contributed by atoms with Gasteiger partial charge >= 0.3 is 5.97 Å². The summed E-state index contributed by atoms with van der Waals surface area (Å²) < 4.78 is 10.7. The number of aliphatic hydroxyl groups is 1. The summed E-state index contributed by atoms with van der Waals surface area (Å²) in [6.45, 7) is 1.19. The molecule has 1 N–H and O–H groups in total. The summed E-state index contributed by atoms with van der Waals surface area (Å²) in [7, 11) is 1.22. The van der Waals surface area contributed by atoms with Gasteiger partial charge in [-0.05, 0) is 31.2 Å². The van der Waals surface area contributed by atoms with Crippen LogP contribution in [0, 0.1) is 0 Å². The van der Waals surface area contributed by atoms with Crippen molar-refractivity contribution in [2.24, 2.45) is 0 Å². The van der Waals surface area contributed by atoms with Crippen LogP contribution in [0.5, 0.6) is 5.75 Å². The summed E-state index contributed by atoms with van der Waals surface area (Å²) >= 11 is 3.29. The first-order valence-corrected chi connectivity index (χ1v) is 5.44. The van der Waals surface area contributed by atoms with Gasteiger partial charge in [0.25, 0.3) is 0 Å². The Hall–Kier alpha value is -1.07. The van der Waals surface area contributed by atoms with E-state index in [9.17, 15) is 9.90 Å². The summed E-state index contributed by atoms with van der Waals surface area (Å²) in [6.07, 6.45) is 0. The molecule has 0 aliphatic carbocycles. The Balaban J connectivity index is 2.57. The third-order valence-corrected chi connectivity index (χ3v) is 2.49. The highest BCUT2D eigenvalue weighted by molar-refractivity contribution is 9.10. The predicted molar refractivity (Wildman–Crippen MR) is 62.3 cm³/mol. The molecule has 0 saturated carbocycles. The average molecular weight is 289 g/mol. The van der Waals surface area contributed by atoms with Gasteiger partial charge in [0, 0.05) is 4.47 Å². The molecule has 0 aliphatic heterocycles. The van der Waals surface area contributed by atoms with E-state index < -0.39 is 11.6 Å². The first-order valence-electron chi connectivity index (χ1n) is 4.65. The van der Waals surface area contributed by atoms with E-state index in [0.29, 0.717) is 5.75 Å². The van der Waals surface area contributed by atoms with Crippen molar-refractivity contribution in [3.8, 4) is 5.75 Å². The van der Waals surface area contributed by atoms with Crippen LogP contribution in [-0.4, -0.2) is 30.4 Å². The number of hydrogen-bond donors (Lipinski definition) is 1. The Morgan fingerprint density at radius 1 is 1.44 bits per heavy atom. The van der Waals surface area contributed by atoms with Crippen LogP contribution in [-0.2, 0) is 9.53 Å². The van der Waals surface area contributed by atoms with Crippen LogP contribution in [0.1, 0.15) is 6.92 Å². The molecule has 0 amide bonds. The Bertz CT molecular complexity index is 359. The molecular weight excluding hydrogens is 276 g/mol. The number of hydrogen-bond acceptors (Lipinski definition) is 4. The average Bonchev–Trinajstić information content (AvgIpc) is 2.27. The van der Waals surface area contributed by atoms with Crippen LogP contribution in [0.3, 0.4) is 0 Å². The monoisotopic (exact) mass is 288 g/mol. The Morgan fingerprint density at radius 2 is 2.00 bits per heavy atom. The van der Waals surface area contributed by atoms with Crippen molar-refractivity contribution in [2.75, 3.05) is 13.7 Å². The van der Waals surface area contributed by atoms with E-state index in [4.69, 9.17) is 4.74 Å². The molecule has 0 saturated heterocycles. The lowest BCUT2D eigenvalue weighted by atomic mass is 10.1. The first kappa shape index (κ1) is 13.0. The van der Waals surface area contributed by atoms with E-state index >= 15 is 0 Å². The molecule has 0 heterocycles. The fourth-order valence-corrected chi connectivity index (χ4v) is 1.30. The maximum absolute atomic E-state index is 11.1. The van der Waals surface area contributed by atoms with Gasteiger partial charge in [-0.25, -0.2) is 4.79 Å². The van der Waals surface area contributed by atoms with Crippen LogP contribution >= 0.6 is 15.9 Å². The third kappa shape index (κ3) is 3.50. The second-order valence-electron chi connectivity index (χ2n) is 3.51. The summed E-state index contributed by atoms with van der Waals surface area (Å²) in [4.78, 5) is 11.1. The third-order valence-electron chi connectivity index (χ3n) is 1.96. The van der Waals surface area contributed by atoms with Crippen molar-refractivity contribution in [1.82, 2.24) is 0 Å². The van der Waals surface area contributed by atoms with Crippen molar-refractivity contribution >= 4 is 21.9 Å². The van der Waals surface area contributed by atoms with Crippen LogP contribution in [0.15, 0.2) is 28.7 Å². The molecule has 0 fully saturated rings. The quantitative estimate of drug-likeness (QED) is 0.858. The number of carbonyl (C=O) groups excluding carboxylic acids is 1. The molecule has 1 unspecified atom stereocenters. The van der Waals surface area contributed by atoms with Gasteiger partial charge in [0.1, 0.15) is 12.4 Å². The minimum Gasteiger partial charge on any atom is -0.490 e. The van der Waals surface area contributed by atoms with Gasteiger partial charge in [-0.3, -0.25) is 0 Å². The van der Waals surface area contributed by atoms with E-state index in [-0.39, 0.29) is 6.61 Å². The highest BCUT2D eigenvalue weighted by Gasteiger charge is 2.32. The number of rotatable bonds is 4. The minimum absolute atomic E-state index is 0.151. The zero-order chi connectivity index (χ0) is 12.2. The summed E-state index contributed by atoms with van der Waals surface area (Å²) in [6, 6.07) is 7.08. The molecule has 0 aliphatic rings. The van der Waals surface area contributed by atoms with Gasteiger partial charge in [-0.1, -0.05) is 15.9 Å². The van der Waals surface area contributed by atoms with Gasteiger partial charge in [-0.15, -0.1) is 0 Å². The lowest BCUT2D eigenvalue weighted by Crippen LogP contribution is -2.42. The van der Waals surface area contributed by atoms with Gasteiger partial charge < -0.3 is 14.6 Å². The Morgan fingerprint density at radius 3 is 2.50 bits per heavy atom. The van der Waals surface area contributed by atoms with Crippen molar-refractivity contribution in [3.63, 3.8) is 0 Å². The number of methoxy groups -OCH3 is 1. The highest BCUT2D eigenvalue weighted by atomic mass is 79.9. The van der Waals surface area contributed by atoms with Crippen molar-refractivity contribution in [1.29, 1.82) is 0 Å². The standard InChI is InChI=1S/C11H13BrO4/c1-11(14,10(13)15-2)7-16-9-5-3-8(12)4-6-9/h3-6,14H,7H2,1-2H3. The topological polar surface area (TPSA) is 55.8 Å². The molecule has 4 nitrogen and oxygen atoms in total. The second kappa shape index (κ2) is 5.32. The molecular formula is C11H13BrO4. The molecule has 0 radical (unpaired) electrons. The number of esters is 1. The number of halogens is 1. The lowest BCUT2D eigenvalue weighted by molar-refractivity contribution is -0.163. The normalized spacial score (nSPS) is 14.0. The summed E-state index contributed by atoms with van der Waals surface area (Å²) in [5.41, 5.74) is -1.64. The molecule has 1 aromatic rings. The van der Waals surface area contributed by atoms with E-state index in [1.165, 1.54) is 14.0 Å². The number of ether oxygens (including phenoxy) is 2. The van der Waals surface area contributed by atoms with Gasteiger partial charge in [0.05, 0.1) is 7.11 Å². The van der Waals surface area contributed by atoms with E-state index in [1.54, 1.807) is 12.1 Å². The maximum Gasteiger partial charge on any atom is 0.341 e. The van der Waals surface area contributed by atoms with Gasteiger partial charge in [0.15, 0.2) is 5.60 Å². The fourth-order valence-electron chi connectivity index (χ4n) is 1.03. The summed E-state index contributed by atoms with van der Waals surface area (Å²) in [5, 5.41) is 9.69. The van der Waals surface area contributed by atoms with E-state index in [1.807, 2.05) is 12.1 Å². The molecule has 16 heavy (non-hydrogen) atoms. The minimum atomic E-state index is -1.64. The predicted octanol–water partition coefficient (Wildman–Crippen LogP) is 1.75. The van der Waals surface area contributed by atoms with Crippen LogP contribution in [0.4, 0.5) is 0 Å². The Labute approximate surface area is 102 Å².